The SMILES string of the molecule is O=C1Nc2cc(S(=O)(=O)Nc3ccccc3)ccc2SC[C@H]1CC(=O)N1CCCC1. The van der Waals surface area contributed by atoms with Crippen LogP contribution in [0.5, 0.6) is 0 Å². The number of carbonyl (C=O) groups excluding carboxylic acids is 2. The van der Waals surface area contributed by atoms with Crippen molar-refractivity contribution in [1.29, 1.82) is 0 Å². The molecule has 2 aliphatic rings. The molecule has 0 aromatic heterocycles. The third-order valence-electron chi connectivity index (χ3n) is 5.24. The van der Waals surface area contributed by atoms with Crippen molar-refractivity contribution >= 4 is 45.0 Å². The first-order valence-electron chi connectivity index (χ1n) is 9.86. The maximum atomic E-state index is 12.7. The summed E-state index contributed by atoms with van der Waals surface area (Å²) in [6, 6.07) is 13.3. The number of rotatable bonds is 5. The Labute approximate surface area is 180 Å². The Hall–Kier alpha value is -2.52. The number of thioether (sulfide) groups is 1. The lowest BCUT2D eigenvalue weighted by Gasteiger charge is -2.18. The Balaban J connectivity index is 1.49. The van der Waals surface area contributed by atoms with E-state index in [4.69, 9.17) is 0 Å². The van der Waals surface area contributed by atoms with E-state index >= 15 is 0 Å². The van der Waals surface area contributed by atoms with E-state index in [0.717, 1.165) is 30.8 Å². The molecular formula is C21H23N3O4S2. The van der Waals surface area contributed by atoms with Crippen molar-refractivity contribution in [1.82, 2.24) is 4.90 Å². The molecule has 2 aromatic rings. The summed E-state index contributed by atoms with van der Waals surface area (Å²) in [6.45, 7) is 1.52. The van der Waals surface area contributed by atoms with Gasteiger partial charge >= 0.3 is 0 Å². The number of hydrogen-bond acceptors (Lipinski definition) is 5. The highest BCUT2D eigenvalue weighted by atomic mass is 32.2. The van der Waals surface area contributed by atoms with Crippen molar-refractivity contribution < 1.29 is 18.0 Å². The molecule has 0 radical (unpaired) electrons. The zero-order valence-electron chi connectivity index (χ0n) is 16.3. The fourth-order valence-electron chi connectivity index (χ4n) is 3.58. The van der Waals surface area contributed by atoms with Gasteiger partial charge in [-0.3, -0.25) is 14.3 Å². The standard InChI is InChI=1S/C21H23N3O4S2/c25-20(24-10-4-5-11-24)12-15-14-29-19-9-8-17(13-18(19)22-21(15)26)30(27,28)23-16-6-2-1-3-7-16/h1-3,6-9,13,15,23H,4-5,10-12,14H2,(H,22,26)/t15-/m1/s1. The first kappa shape index (κ1) is 20.7. The van der Waals surface area contributed by atoms with E-state index in [0.29, 0.717) is 17.1 Å². The van der Waals surface area contributed by atoms with Crippen LogP contribution in [0, 0.1) is 5.92 Å². The van der Waals surface area contributed by atoms with Gasteiger partial charge in [-0.25, -0.2) is 8.42 Å². The van der Waals surface area contributed by atoms with Crippen LogP contribution in [0.15, 0.2) is 58.3 Å². The molecule has 2 aliphatic heterocycles. The van der Waals surface area contributed by atoms with Gasteiger partial charge in [-0.15, -0.1) is 11.8 Å². The van der Waals surface area contributed by atoms with Crippen LogP contribution in [0.1, 0.15) is 19.3 Å². The molecule has 30 heavy (non-hydrogen) atoms. The number of amides is 2. The molecule has 0 aliphatic carbocycles. The summed E-state index contributed by atoms with van der Waals surface area (Å²) in [5.41, 5.74) is 0.920. The van der Waals surface area contributed by atoms with Gasteiger partial charge in [0.05, 0.1) is 16.5 Å². The number of sulfonamides is 1. The van der Waals surface area contributed by atoms with E-state index in [1.54, 1.807) is 36.4 Å². The molecular weight excluding hydrogens is 422 g/mol. The molecule has 7 nitrogen and oxygen atoms in total. The van der Waals surface area contributed by atoms with E-state index in [1.165, 1.54) is 23.9 Å². The monoisotopic (exact) mass is 445 g/mol. The van der Waals surface area contributed by atoms with Crippen molar-refractivity contribution in [3.8, 4) is 0 Å². The van der Waals surface area contributed by atoms with Crippen molar-refractivity contribution in [3.63, 3.8) is 0 Å². The molecule has 0 unspecified atom stereocenters. The van der Waals surface area contributed by atoms with Gasteiger partial charge in [0, 0.05) is 35.8 Å². The largest absolute Gasteiger partial charge is 0.343 e. The van der Waals surface area contributed by atoms with Gasteiger partial charge < -0.3 is 10.2 Å². The van der Waals surface area contributed by atoms with Crippen LogP contribution in [-0.2, 0) is 19.6 Å². The third-order valence-corrected chi connectivity index (χ3v) is 7.85. The highest BCUT2D eigenvalue weighted by molar-refractivity contribution is 7.99. The van der Waals surface area contributed by atoms with E-state index < -0.39 is 15.9 Å². The third kappa shape index (κ3) is 4.62. The van der Waals surface area contributed by atoms with Crippen LogP contribution in [0.3, 0.4) is 0 Å². The van der Waals surface area contributed by atoms with Crippen molar-refractivity contribution in [3.05, 3.63) is 48.5 Å². The van der Waals surface area contributed by atoms with E-state index in [2.05, 4.69) is 10.0 Å². The molecule has 0 spiro atoms. The van der Waals surface area contributed by atoms with Gasteiger partial charge in [-0.1, -0.05) is 18.2 Å². The lowest BCUT2D eigenvalue weighted by Crippen LogP contribution is -2.33. The van der Waals surface area contributed by atoms with Crippen LogP contribution in [0.4, 0.5) is 11.4 Å². The van der Waals surface area contributed by atoms with Crippen molar-refractivity contribution in [2.24, 2.45) is 5.92 Å². The number of benzene rings is 2. The second-order valence-electron chi connectivity index (χ2n) is 7.42. The number of fused-ring (bicyclic) bond motifs is 1. The average Bonchev–Trinajstić information content (AvgIpc) is 3.22. The Bertz CT molecular complexity index is 1050. The zero-order chi connectivity index (χ0) is 21.1. The minimum atomic E-state index is -3.79. The van der Waals surface area contributed by atoms with E-state index in [1.807, 2.05) is 4.90 Å². The second kappa shape index (κ2) is 8.69. The Morgan fingerprint density at radius 1 is 1.13 bits per heavy atom. The van der Waals surface area contributed by atoms with Gasteiger partial charge in [-0.05, 0) is 43.2 Å². The number of hydrogen-bond donors (Lipinski definition) is 2. The summed E-state index contributed by atoms with van der Waals surface area (Å²) in [4.78, 5) is 27.8. The van der Waals surface area contributed by atoms with Gasteiger partial charge in [0.1, 0.15) is 0 Å². The molecule has 4 rings (SSSR count). The molecule has 0 bridgehead atoms. The molecule has 158 valence electrons. The maximum Gasteiger partial charge on any atom is 0.261 e. The van der Waals surface area contributed by atoms with Gasteiger partial charge in [0.15, 0.2) is 0 Å². The quantitative estimate of drug-likeness (QED) is 0.737. The van der Waals surface area contributed by atoms with Gasteiger partial charge in [0.25, 0.3) is 10.0 Å². The zero-order valence-corrected chi connectivity index (χ0v) is 18.0. The summed E-state index contributed by atoms with van der Waals surface area (Å²) >= 11 is 1.46. The van der Waals surface area contributed by atoms with Gasteiger partial charge in [0.2, 0.25) is 11.8 Å². The molecule has 0 saturated carbocycles. The molecule has 1 fully saturated rings. The van der Waals surface area contributed by atoms with Crippen molar-refractivity contribution in [2.75, 3.05) is 28.9 Å². The number of nitrogens with zero attached hydrogens (tertiary/aromatic N) is 1. The molecule has 9 heteroatoms. The topological polar surface area (TPSA) is 95.6 Å². The number of para-hydroxylation sites is 1. The fourth-order valence-corrected chi connectivity index (χ4v) is 5.74. The van der Waals surface area contributed by atoms with E-state index in [9.17, 15) is 18.0 Å². The van der Waals surface area contributed by atoms with Gasteiger partial charge in [-0.2, -0.15) is 0 Å². The second-order valence-corrected chi connectivity index (χ2v) is 10.2. The number of nitrogens with one attached hydrogen (secondary N) is 2. The number of carbonyl (C=O) groups is 2. The predicted octanol–water partition coefficient (Wildman–Crippen LogP) is 3.16. The van der Waals surface area contributed by atoms with Crippen molar-refractivity contribution in [2.45, 2.75) is 29.1 Å². The molecule has 1 saturated heterocycles. The fraction of sp³-hybridized carbons (Fsp3) is 0.333. The molecule has 2 amide bonds. The smallest absolute Gasteiger partial charge is 0.261 e. The highest BCUT2D eigenvalue weighted by Crippen LogP contribution is 2.35. The lowest BCUT2D eigenvalue weighted by molar-refractivity contribution is -0.133. The molecule has 2 N–H and O–H groups in total. The molecule has 1 atom stereocenters. The number of anilines is 2. The van der Waals surface area contributed by atoms with Crippen LogP contribution in [0.2, 0.25) is 0 Å². The predicted molar refractivity (Wildman–Crippen MR) is 117 cm³/mol. The van der Waals surface area contributed by atoms with Crippen LogP contribution >= 0.6 is 11.8 Å². The molecule has 2 heterocycles. The lowest BCUT2D eigenvalue weighted by atomic mass is 10.1. The minimum Gasteiger partial charge on any atom is -0.343 e. The van der Waals surface area contributed by atoms with Crippen LogP contribution in [0.25, 0.3) is 0 Å². The van der Waals surface area contributed by atoms with Crippen LogP contribution in [-0.4, -0.2) is 44.0 Å². The highest BCUT2D eigenvalue weighted by Gasteiger charge is 2.30. The maximum absolute atomic E-state index is 12.7. The summed E-state index contributed by atoms with van der Waals surface area (Å²) < 4.78 is 28.0. The summed E-state index contributed by atoms with van der Waals surface area (Å²) in [6.07, 6.45) is 2.20. The Morgan fingerprint density at radius 3 is 2.60 bits per heavy atom. The van der Waals surface area contributed by atoms with Crippen LogP contribution < -0.4 is 10.0 Å². The normalized spacial score (nSPS) is 19.0. The molecule has 2 aromatic carbocycles. The number of likely N-dealkylation sites (tertiary alicyclic amines) is 1. The summed E-state index contributed by atoms with van der Waals surface area (Å²) in [5.74, 6) is -0.209. The van der Waals surface area contributed by atoms with E-state index in [-0.39, 0.29) is 23.1 Å². The summed E-state index contributed by atoms with van der Waals surface area (Å²) in [7, 11) is -3.79. The first-order chi connectivity index (χ1) is 14.4. The average molecular weight is 446 g/mol. The summed E-state index contributed by atoms with van der Waals surface area (Å²) in [5, 5.41) is 2.82. The minimum absolute atomic E-state index is 0.00883. The first-order valence-corrected chi connectivity index (χ1v) is 12.3. The Kier molecular flexibility index (Phi) is 6.01. The Morgan fingerprint density at radius 2 is 1.87 bits per heavy atom.